The number of hydrogen-bond acceptors (Lipinski definition) is 2. The van der Waals surface area contributed by atoms with Crippen LogP contribution in [0.15, 0.2) is 0 Å². The van der Waals surface area contributed by atoms with Gasteiger partial charge < -0.3 is 0 Å². The first kappa shape index (κ1) is 14.0. The molecule has 1 saturated carbocycles. The van der Waals surface area contributed by atoms with E-state index < -0.39 is 0 Å². The first-order valence-electron chi connectivity index (χ1n) is 7.66. The van der Waals surface area contributed by atoms with Gasteiger partial charge in [0.25, 0.3) is 0 Å². The fourth-order valence-corrected chi connectivity index (χ4v) is 3.68. The van der Waals surface area contributed by atoms with Crippen molar-refractivity contribution in [3.8, 4) is 0 Å². The van der Waals surface area contributed by atoms with Crippen molar-refractivity contribution in [2.75, 3.05) is 13.1 Å². The number of Topliss-reactive ketones (excluding diaryl/α,β-unsaturated/α-hetero) is 1. The molecular weight excluding hydrogens is 222 g/mol. The monoisotopic (exact) mass is 251 g/mol. The molecule has 2 rings (SSSR count). The van der Waals surface area contributed by atoms with Crippen LogP contribution in [0.3, 0.4) is 0 Å². The van der Waals surface area contributed by atoms with Crippen LogP contribution < -0.4 is 0 Å². The molecule has 0 N–H and O–H groups in total. The number of ketones is 1. The Kier molecular flexibility index (Phi) is 4.15. The maximum absolute atomic E-state index is 12.1. The Balaban J connectivity index is 1.97. The van der Waals surface area contributed by atoms with Gasteiger partial charge in [-0.05, 0) is 50.5 Å². The standard InChI is InChI=1S/C16H29NO/c1-12-6-5-9-17(13(12)2)11-14-10-16(3,4)8-7-15(14)18/h12-14H,5-11H2,1-4H3. The lowest BCUT2D eigenvalue weighted by molar-refractivity contribution is -0.128. The largest absolute Gasteiger partial charge is 0.300 e. The van der Waals surface area contributed by atoms with Crippen LogP contribution in [0, 0.1) is 17.3 Å². The molecule has 1 aliphatic heterocycles. The number of nitrogens with zero attached hydrogens (tertiary/aromatic N) is 1. The zero-order valence-electron chi connectivity index (χ0n) is 12.5. The van der Waals surface area contributed by atoms with Crippen LogP contribution in [-0.4, -0.2) is 29.8 Å². The zero-order valence-corrected chi connectivity index (χ0v) is 12.5. The molecule has 0 spiro atoms. The molecule has 2 fully saturated rings. The number of rotatable bonds is 2. The molecule has 3 unspecified atom stereocenters. The van der Waals surface area contributed by atoms with Crippen molar-refractivity contribution in [3.63, 3.8) is 0 Å². The Labute approximate surface area is 112 Å². The fraction of sp³-hybridized carbons (Fsp3) is 0.938. The lowest BCUT2D eigenvalue weighted by Gasteiger charge is -2.42. The van der Waals surface area contributed by atoms with E-state index >= 15 is 0 Å². The van der Waals surface area contributed by atoms with Gasteiger partial charge in [-0.2, -0.15) is 0 Å². The van der Waals surface area contributed by atoms with E-state index in [2.05, 4.69) is 32.6 Å². The van der Waals surface area contributed by atoms with Gasteiger partial charge >= 0.3 is 0 Å². The zero-order chi connectivity index (χ0) is 13.3. The predicted octanol–water partition coefficient (Wildman–Crippen LogP) is 3.50. The van der Waals surface area contributed by atoms with Crippen molar-refractivity contribution < 1.29 is 4.79 Å². The maximum atomic E-state index is 12.1. The molecule has 1 heterocycles. The average molecular weight is 251 g/mol. The molecule has 0 aromatic heterocycles. The number of carbonyl (C=O) groups excluding carboxylic acids is 1. The van der Waals surface area contributed by atoms with Crippen molar-refractivity contribution >= 4 is 5.78 Å². The van der Waals surface area contributed by atoms with Gasteiger partial charge in [0.05, 0.1) is 0 Å². The van der Waals surface area contributed by atoms with Gasteiger partial charge in [0.1, 0.15) is 5.78 Å². The maximum Gasteiger partial charge on any atom is 0.137 e. The summed E-state index contributed by atoms with van der Waals surface area (Å²) in [6.45, 7) is 11.5. The molecule has 1 saturated heterocycles. The Morgan fingerprint density at radius 2 is 2.06 bits per heavy atom. The Morgan fingerprint density at radius 1 is 1.33 bits per heavy atom. The lowest BCUT2D eigenvalue weighted by atomic mass is 9.71. The van der Waals surface area contributed by atoms with Crippen molar-refractivity contribution in [3.05, 3.63) is 0 Å². The number of carbonyl (C=O) groups is 1. The Morgan fingerprint density at radius 3 is 2.78 bits per heavy atom. The number of piperidine rings is 1. The van der Waals surface area contributed by atoms with Gasteiger partial charge in [0, 0.05) is 24.9 Å². The molecular formula is C16H29NO. The van der Waals surface area contributed by atoms with Gasteiger partial charge in [0.15, 0.2) is 0 Å². The predicted molar refractivity (Wildman–Crippen MR) is 75.6 cm³/mol. The summed E-state index contributed by atoms with van der Waals surface area (Å²) < 4.78 is 0. The highest BCUT2D eigenvalue weighted by molar-refractivity contribution is 5.82. The Hall–Kier alpha value is -0.370. The van der Waals surface area contributed by atoms with E-state index in [1.54, 1.807) is 0 Å². The first-order valence-corrected chi connectivity index (χ1v) is 7.66. The second-order valence-corrected chi connectivity index (χ2v) is 7.39. The van der Waals surface area contributed by atoms with Gasteiger partial charge in [-0.15, -0.1) is 0 Å². The van der Waals surface area contributed by atoms with E-state index in [0.29, 0.717) is 23.2 Å². The molecule has 2 heteroatoms. The topological polar surface area (TPSA) is 20.3 Å². The number of likely N-dealkylation sites (tertiary alicyclic amines) is 1. The molecule has 0 aromatic rings. The second-order valence-electron chi connectivity index (χ2n) is 7.39. The van der Waals surface area contributed by atoms with Crippen molar-refractivity contribution in [2.24, 2.45) is 17.3 Å². The third-order valence-electron chi connectivity index (χ3n) is 5.26. The number of hydrogen-bond donors (Lipinski definition) is 0. The first-order chi connectivity index (χ1) is 8.39. The van der Waals surface area contributed by atoms with Gasteiger partial charge in [-0.3, -0.25) is 9.69 Å². The minimum atomic E-state index is 0.293. The normalized spacial score (nSPS) is 37.8. The minimum Gasteiger partial charge on any atom is -0.300 e. The highest BCUT2D eigenvalue weighted by atomic mass is 16.1. The molecule has 0 aromatic carbocycles. The summed E-state index contributed by atoms with van der Waals surface area (Å²) in [7, 11) is 0. The molecule has 18 heavy (non-hydrogen) atoms. The third kappa shape index (κ3) is 3.14. The van der Waals surface area contributed by atoms with Crippen LogP contribution >= 0.6 is 0 Å². The molecule has 3 atom stereocenters. The average Bonchev–Trinajstić information content (AvgIpc) is 2.29. The van der Waals surface area contributed by atoms with Crippen LogP contribution in [0.25, 0.3) is 0 Å². The van der Waals surface area contributed by atoms with E-state index in [1.807, 2.05) is 0 Å². The van der Waals surface area contributed by atoms with Gasteiger partial charge in [0.2, 0.25) is 0 Å². The summed E-state index contributed by atoms with van der Waals surface area (Å²) in [6.07, 6.45) is 5.62. The summed E-state index contributed by atoms with van der Waals surface area (Å²) in [5.41, 5.74) is 0.364. The third-order valence-corrected chi connectivity index (χ3v) is 5.26. The summed E-state index contributed by atoms with van der Waals surface area (Å²) in [5, 5.41) is 0. The van der Waals surface area contributed by atoms with Crippen molar-refractivity contribution in [1.82, 2.24) is 4.90 Å². The van der Waals surface area contributed by atoms with E-state index in [9.17, 15) is 4.79 Å². The van der Waals surface area contributed by atoms with E-state index in [0.717, 1.165) is 31.7 Å². The van der Waals surface area contributed by atoms with Crippen LogP contribution in [0.2, 0.25) is 0 Å². The highest BCUT2D eigenvalue weighted by Gasteiger charge is 2.36. The molecule has 0 radical (unpaired) electrons. The molecule has 2 nitrogen and oxygen atoms in total. The molecule has 1 aliphatic carbocycles. The Bertz CT molecular complexity index is 310. The summed E-state index contributed by atoms with van der Waals surface area (Å²) in [6, 6.07) is 0.650. The van der Waals surface area contributed by atoms with E-state index in [4.69, 9.17) is 0 Å². The quantitative estimate of drug-likeness (QED) is 0.748. The van der Waals surface area contributed by atoms with Crippen molar-refractivity contribution in [2.45, 2.75) is 65.8 Å². The minimum absolute atomic E-state index is 0.293. The SMILES string of the molecule is CC1CCCN(CC2CC(C)(C)CCC2=O)C1C. The second kappa shape index (κ2) is 5.32. The lowest BCUT2D eigenvalue weighted by Crippen LogP contribution is -2.47. The summed E-state index contributed by atoms with van der Waals surface area (Å²) >= 11 is 0. The van der Waals surface area contributed by atoms with Crippen LogP contribution in [-0.2, 0) is 4.79 Å². The highest BCUT2D eigenvalue weighted by Crippen LogP contribution is 2.37. The van der Waals surface area contributed by atoms with Gasteiger partial charge in [-0.25, -0.2) is 0 Å². The van der Waals surface area contributed by atoms with Crippen LogP contribution in [0.4, 0.5) is 0 Å². The summed E-state index contributed by atoms with van der Waals surface area (Å²) in [4.78, 5) is 14.7. The van der Waals surface area contributed by atoms with E-state index in [-0.39, 0.29) is 0 Å². The summed E-state index contributed by atoms with van der Waals surface area (Å²) in [5.74, 6) is 1.59. The molecule has 2 aliphatic rings. The van der Waals surface area contributed by atoms with E-state index in [1.165, 1.54) is 19.4 Å². The molecule has 104 valence electrons. The van der Waals surface area contributed by atoms with Crippen molar-refractivity contribution in [1.29, 1.82) is 0 Å². The van der Waals surface area contributed by atoms with Crippen LogP contribution in [0.1, 0.15) is 59.8 Å². The smallest absolute Gasteiger partial charge is 0.137 e. The molecule has 0 amide bonds. The van der Waals surface area contributed by atoms with Crippen LogP contribution in [0.5, 0.6) is 0 Å². The fourth-order valence-electron chi connectivity index (χ4n) is 3.68. The van der Waals surface area contributed by atoms with Gasteiger partial charge in [-0.1, -0.05) is 20.8 Å². The molecule has 0 bridgehead atoms.